The Hall–Kier alpha value is -2.63. The van der Waals surface area contributed by atoms with E-state index in [-0.39, 0.29) is 11.9 Å². The molecule has 1 atom stereocenters. The Morgan fingerprint density at radius 1 is 1.32 bits per heavy atom. The first-order chi connectivity index (χ1) is 10.8. The molecule has 2 aromatic heterocycles. The molecule has 0 fully saturated rings. The lowest BCUT2D eigenvalue weighted by Gasteiger charge is -2.14. The molecule has 0 spiro atoms. The lowest BCUT2D eigenvalue weighted by atomic mass is 10.2. The van der Waals surface area contributed by atoms with Gasteiger partial charge < -0.3 is 14.5 Å². The summed E-state index contributed by atoms with van der Waals surface area (Å²) >= 11 is 0. The molecule has 0 bridgehead atoms. The Balaban J connectivity index is 1.55. The quantitative estimate of drug-likeness (QED) is 0.708. The zero-order valence-corrected chi connectivity index (χ0v) is 12.5. The monoisotopic (exact) mass is 297 g/mol. The van der Waals surface area contributed by atoms with E-state index >= 15 is 0 Å². The van der Waals surface area contributed by atoms with Crippen molar-refractivity contribution in [1.82, 2.24) is 24.4 Å². The van der Waals surface area contributed by atoms with Gasteiger partial charge in [-0.05, 0) is 25.5 Å². The van der Waals surface area contributed by atoms with E-state index in [9.17, 15) is 4.79 Å². The van der Waals surface area contributed by atoms with Crippen molar-refractivity contribution in [2.45, 2.75) is 25.9 Å². The molecule has 114 valence electrons. The van der Waals surface area contributed by atoms with Crippen molar-refractivity contribution in [3.05, 3.63) is 49.3 Å². The molecule has 6 heteroatoms. The van der Waals surface area contributed by atoms with E-state index in [4.69, 9.17) is 0 Å². The lowest BCUT2D eigenvalue weighted by Crippen LogP contribution is -2.31. The van der Waals surface area contributed by atoms with E-state index in [1.54, 1.807) is 18.9 Å². The molecular weight excluding hydrogens is 278 g/mol. The predicted molar refractivity (Wildman–Crippen MR) is 84.3 cm³/mol. The topological polar surface area (TPSA) is 64.7 Å². The maximum atomic E-state index is 12.3. The molecule has 0 aliphatic rings. The van der Waals surface area contributed by atoms with Crippen molar-refractivity contribution >= 4 is 16.9 Å². The Bertz CT molecular complexity index is 747. The molecule has 3 aromatic rings. The van der Waals surface area contributed by atoms with Gasteiger partial charge in [-0.25, -0.2) is 9.97 Å². The third-order valence-corrected chi connectivity index (χ3v) is 3.73. The van der Waals surface area contributed by atoms with Gasteiger partial charge in [0.05, 0.1) is 23.7 Å². The largest absolute Gasteiger partial charge is 0.354 e. The minimum Gasteiger partial charge on any atom is -0.354 e. The fraction of sp³-hybridized carbons (Fsp3) is 0.312. The fourth-order valence-electron chi connectivity index (χ4n) is 2.45. The van der Waals surface area contributed by atoms with Gasteiger partial charge in [0.2, 0.25) is 5.91 Å². The standard InChI is InChI=1S/C16H19N5O/c1-13(21-12-19-14-5-2-3-6-15(14)21)16(22)18-7-4-9-20-10-8-17-11-20/h2-3,5-6,8,10-13H,4,7,9H2,1H3,(H,18,22). The number of rotatable bonds is 6. The van der Waals surface area contributed by atoms with Crippen LogP contribution in [0.4, 0.5) is 0 Å². The van der Waals surface area contributed by atoms with Gasteiger partial charge in [0.25, 0.3) is 0 Å². The number of hydrogen-bond donors (Lipinski definition) is 1. The van der Waals surface area contributed by atoms with Crippen molar-refractivity contribution in [2.24, 2.45) is 0 Å². The molecule has 0 radical (unpaired) electrons. The minimum absolute atomic E-state index is 0.00813. The van der Waals surface area contributed by atoms with Gasteiger partial charge in [0, 0.05) is 25.5 Å². The maximum absolute atomic E-state index is 12.3. The molecule has 0 saturated carbocycles. The lowest BCUT2D eigenvalue weighted by molar-refractivity contribution is -0.123. The van der Waals surface area contributed by atoms with Gasteiger partial charge in [-0.2, -0.15) is 0 Å². The summed E-state index contributed by atoms with van der Waals surface area (Å²) in [6.07, 6.45) is 8.05. The number of nitrogens with zero attached hydrogens (tertiary/aromatic N) is 4. The van der Waals surface area contributed by atoms with Crippen molar-refractivity contribution in [3.63, 3.8) is 0 Å². The highest BCUT2D eigenvalue weighted by atomic mass is 16.2. The summed E-state index contributed by atoms with van der Waals surface area (Å²) in [5, 5.41) is 2.98. The molecule has 0 saturated heterocycles. The first kappa shape index (κ1) is 14.3. The number of imidazole rings is 2. The average Bonchev–Trinajstić information content (AvgIpc) is 3.20. The van der Waals surface area contributed by atoms with E-state index in [2.05, 4.69) is 15.3 Å². The number of amides is 1. The fourth-order valence-corrected chi connectivity index (χ4v) is 2.45. The molecule has 1 amide bonds. The Kier molecular flexibility index (Phi) is 4.18. The van der Waals surface area contributed by atoms with Crippen LogP contribution in [0.25, 0.3) is 11.0 Å². The van der Waals surface area contributed by atoms with Crippen molar-refractivity contribution in [3.8, 4) is 0 Å². The minimum atomic E-state index is -0.277. The SMILES string of the molecule is CC(C(=O)NCCCn1ccnc1)n1cnc2ccccc21. The van der Waals surface area contributed by atoms with Crippen molar-refractivity contribution in [2.75, 3.05) is 6.54 Å². The van der Waals surface area contributed by atoms with E-state index < -0.39 is 0 Å². The molecule has 0 aliphatic carbocycles. The second-order valence-corrected chi connectivity index (χ2v) is 5.26. The zero-order chi connectivity index (χ0) is 15.4. The smallest absolute Gasteiger partial charge is 0.242 e. The number of aryl methyl sites for hydroxylation is 1. The maximum Gasteiger partial charge on any atom is 0.242 e. The van der Waals surface area contributed by atoms with Crippen molar-refractivity contribution < 1.29 is 4.79 Å². The highest BCUT2D eigenvalue weighted by Gasteiger charge is 2.16. The number of aromatic nitrogens is 4. The first-order valence-electron chi connectivity index (χ1n) is 7.41. The van der Waals surface area contributed by atoms with Gasteiger partial charge in [-0.3, -0.25) is 4.79 Å². The Labute approximate surface area is 128 Å². The van der Waals surface area contributed by atoms with E-state index in [1.165, 1.54) is 0 Å². The van der Waals surface area contributed by atoms with Gasteiger partial charge in [0.1, 0.15) is 6.04 Å². The second-order valence-electron chi connectivity index (χ2n) is 5.26. The molecule has 1 N–H and O–H groups in total. The summed E-state index contributed by atoms with van der Waals surface area (Å²) in [6.45, 7) is 3.38. The first-order valence-corrected chi connectivity index (χ1v) is 7.41. The van der Waals surface area contributed by atoms with Crippen LogP contribution < -0.4 is 5.32 Å². The summed E-state index contributed by atoms with van der Waals surface area (Å²) in [5.74, 6) is 0.00813. The highest BCUT2D eigenvalue weighted by Crippen LogP contribution is 2.17. The van der Waals surface area contributed by atoms with Crippen LogP contribution in [0, 0.1) is 0 Å². The number of benzene rings is 1. The van der Waals surface area contributed by atoms with Crippen LogP contribution in [0.15, 0.2) is 49.3 Å². The molecule has 0 aliphatic heterocycles. The third-order valence-electron chi connectivity index (χ3n) is 3.73. The normalized spacial score (nSPS) is 12.4. The zero-order valence-electron chi connectivity index (χ0n) is 12.5. The van der Waals surface area contributed by atoms with Crippen LogP contribution in [0.1, 0.15) is 19.4 Å². The number of fused-ring (bicyclic) bond motifs is 1. The molecule has 1 unspecified atom stereocenters. The summed E-state index contributed by atoms with van der Waals surface area (Å²) in [7, 11) is 0. The number of nitrogens with one attached hydrogen (secondary N) is 1. The third kappa shape index (κ3) is 3.00. The van der Waals surface area contributed by atoms with Crippen LogP contribution in [0.3, 0.4) is 0 Å². The van der Waals surface area contributed by atoms with E-state index in [0.717, 1.165) is 24.0 Å². The number of para-hydroxylation sites is 2. The van der Waals surface area contributed by atoms with Crippen LogP contribution in [-0.4, -0.2) is 31.6 Å². The van der Waals surface area contributed by atoms with Gasteiger partial charge in [0.15, 0.2) is 0 Å². The summed E-state index contributed by atoms with van der Waals surface area (Å²) in [4.78, 5) is 20.6. The summed E-state index contributed by atoms with van der Waals surface area (Å²) in [6, 6.07) is 7.55. The second kappa shape index (κ2) is 6.43. The molecule has 3 rings (SSSR count). The number of carbonyl (C=O) groups is 1. The summed E-state index contributed by atoms with van der Waals surface area (Å²) in [5.41, 5.74) is 1.88. The number of hydrogen-bond acceptors (Lipinski definition) is 3. The molecule has 2 heterocycles. The highest BCUT2D eigenvalue weighted by molar-refractivity contribution is 5.83. The van der Waals surface area contributed by atoms with Gasteiger partial charge >= 0.3 is 0 Å². The van der Waals surface area contributed by atoms with Crippen LogP contribution in [-0.2, 0) is 11.3 Å². The summed E-state index contributed by atoms with van der Waals surface area (Å²) < 4.78 is 3.90. The molecular formula is C16H19N5O. The Morgan fingerprint density at radius 3 is 3.00 bits per heavy atom. The van der Waals surface area contributed by atoms with Gasteiger partial charge in [-0.1, -0.05) is 12.1 Å². The van der Waals surface area contributed by atoms with Gasteiger partial charge in [-0.15, -0.1) is 0 Å². The van der Waals surface area contributed by atoms with Crippen LogP contribution in [0.5, 0.6) is 0 Å². The van der Waals surface area contributed by atoms with E-state index in [1.807, 2.05) is 46.5 Å². The van der Waals surface area contributed by atoms with Crippen LogP contribution >= 0.6 is 0 Å². The Morgan fingerprint density at radius 2 is 2.18 bits per heavy atom. The average molecular weight is 297 g/mol. The molecule has 1 aromatic carbocycles. The van der Waals surface area contributed by atoms with E-state index in [0.29, 0.717) is 6.54 Å². The predicted octanol–water partition coefficient (Wildman–Crippen LogP) is 2.00. The molecule has 22 heavy (non-hydrogen) atoms. The molecule has 6 nitrogen and oxygen atoms in total. The number of carbonyl (C=O) groups excluding carboxylic acids is 1. The van der Waals surface area contributed by atoms with Crippen LogP contribution in [0.2, 0.25) is 0 Å². The van der Waals surface area contributed by atoms with Crippen molar-refractivity contribution in [1.29, 1.82) is 0 Å².